The molecular weight excluding hydrogens is 482 g/mol. The van der Waals surface area contributed by atoms with Gasteiger partial charge in [-0.25, -0.2) is 26.9 Å². The molecule has 34 heavy (non-hydrogen) atoms. The Morgan fingerprint density at radius 3 is 2.62 bits per heavy atom. The molecule has 1 aliphatic carbocycles. The Balaban J connectivity index is 1.70. The molecule has 5 rings (SSSR count). The highest BCUT2D eigenvalue weighted by atomic mass is 32.2. The number of pyridine rings is 1. The molecular formula is C22H26F2N6O2S2. The van der Waals surface area contributed by atoms with Gasteiger partial charge in [0, 0.05) is 29.4 Å². The Kier molecular flexibility index (Phi) is 5.62. The average Bonchev–Trinajstić information content (AvgIpc) is 3.17. The Morgan fingerprint density at radius 1 is 1.26 bits per heavy atom. The molecule has 0 amide bonds. The Morgan fingerprint density at radius 2 is 2.00 bits per heavy atom. The third-order valence-electron chi connectivity index (χ3n) is 6.76. The van der Waals surface area contributed by atoms with Crippen molar-refractivity contribution in [1.29, 1.82) is 0 Å². The highest BCUT2D eigenvalue weighted by Gasteiger charge is 2.41. The summed E-state index contributed by atoms with van der Waals surface area (Å²) >= 11 is 0.770. The molecule has 3 aromatic heterocycles. The van der Waals surface area contributed by atoms with Gasteiger partial charge in [0.1, 0.15) is 11.3 Å². The predicted octanol–water partition coefficient (Wildman–Crippen LogP) is 4.12. The van der Waals surface area contributed by atoms with Crippen LogP contribution in [0.5, 0.6) is 0 Å². The first-order valence-electron chi connectivity index (χ1n) is 11.1. The monoisotopic (exact) mass is 508 g/mol. The number of halogens is 2. The van der Waals surface area contributed by atoms with Gasteiger partial charge in [-0.15, -0.1) is 10.2 Å². The van der Waals surface area contributed by atoms with Crippen LogP contribution in [0.1, 0.15) is 57.0 Å². The number of fused-ring (bicyclic) bond motifs is 1. The van der Waals surface area contributed by atoms with E-state index in [-0.39, 0.29) is 22.0 Å². The lowest BCUT2D eigenvalue weighted by Crippen LogP contribution is -2.39. The molecule has 0 unspecified atom stereocenters. The number of nitrogens with zero attached hydrogens (tertiary/aromatic N) is 5. The minimum Gasteiger partial charge on any atom is -0.297 e. The van der Waals surface area contributed by atoms with Gasteiger partial charge in [-0.3, -0.25) is 9.30 Å². The average molecular weight is 509 g/mol. The summed E-state index contributed by atoms with van der Waals surface area (Å²) in [5.41, 5.74) is 2.24. The fourth-order valence-corrected chi connectivity index (χ4v) is 6.44. The normalized spacial score (nSPS) is 23.0. The lowest BCUT2D eigenvalue weighted by molar-refractivity contribution is 0.150. The zero-order valence-electron chi connectivity index (χ0n) is 19.3. The van der Waals surface area contributed by atoms with Crippen molar-refractivity contribution >= 4 is 32.6 Å². The summed E-state index contributed by atoms with van der Waals surface area (Å²) in [6.07, 6.45) is 4.70. The molecule has 0 bridgehead atoms. The van der Waals surface area contributed by atoms with E-state index in [0.29, 0.717) is 16.9 Å². The second-order valence-electron chi connectivity index (χ2n) is 9.49. The van der Waals surface area contributed by atoms with Crippen molar-refractivity contribution in [3.05, 3.63) is 35.1 Å². The first-order valence-corrected chi connectivity index (χ1v) is 13.4. The van der Waals surface area contributed by atoms with Gasteiger partial charge < -0.3 is 0 Å². The van der Waals surface area contributed by atoms with Gasteiger partial charge in [0.05, 0.1) is 11.1 Å². The highest BCUT2D eigenvalue weighted by Crippen LogP contribution is 2.38. The molecule has 182 valence electrons. The van der Waals surface area contributed by atoms with E-state index < -0.39 is 27.0 Å². The molecule has 4 heterocycles. The Labute approximate surface area is 200 Å². The van der Waals surface area contributed by atoms with E-state index in [0.717, 1.165) is 36.2 Å². The third-order valence-corrected chi connectivity index (χ3v) is 9.32. The number of imidazole rings is 1. The van der Waals surface area contributed by atoms with Gasteiger partial charge in [-0.2, -0.15) is 0 Å². The Bertz CT molecular complexity index is 1390. The van der Waals surface area contributed by atoms with E-state index in [9.17, 15) is 17.2 Å². The quantitative estimate of drug-likeness (QED) is 0.539. The van der Waals surface area contributed by atoms with Crippen molar-refractivity contribution in [1.82, 2.24) is 29.2 Å². The predicted molar refractivity (Wildman–Crippen MR) is 126 cm³/mol. The zero-order chi connectivity index (χ0) is 24.4. The van der Waals surface area contributed by atoms with Crippen LogP contribution in [-0.2, 0) is 10.0 Å². The van der Waals surface area contributed by atoms with Gasteiger partial charge in [0.25, 0.3) is 6.43 Å². The lowest BCUT2D eigenvalue weighted by Gasteiger charge is -2.35. The smallest absolute Gasteiger partial charge is 0.291 e. The first-order chi connectivity index (χ1) is 16.0. The maximum atomic E-state index is 13.3. The number of likely N-dealkylation sites (N-methyl/N-ethyl adjacent to an activating group) is 1. The molecule has 2 aliphatic rings. The summed E-state index contributed by atoms with van der Waals surface area (Å²) in [4.78, 5) is 6.90. The summed E-state index contributed by atoms with van der Waals surface area (Å²) in [5.74, 6) is 0. The van der Waals surface area contributed by atoms with Crippen LogP contribution in [0.3, 0.4) is 0 Å². The highest BCUT2D eigenvalue weighted by molar-refractivity contribution is 7.89. The minimum absolute atomic E-state index is 0.0982. The number of hydrogen-bond acceptors (Lipinski definition) is 7. The summed E-state index contributed by atoms with van der Waals surface area (Å²) < 4.78 is 57.3. The maximum Gasteiger partial charge on any atom is 0.291 e. The van der Waals surface area contributed by atoms with Crippen LogP contribution >= 0.6 is 11.3 Å². The van der Waals surface area contributed by atoms with Gasteiger partial charge >= 0.3 is 0 Å². The third kappa shape index (κ3) is 4.16. The van der Waals surface area contributed by atoms with Crippen molar-refractivity contribution in [2.75, 3.05) is 7.05 Å². The molecule has 0 saturated heterocycles. The molecule has 1 N–H and O–H groups in total. The largest absolute Gasteiger partial charge is 0.297 e. The molecule has 0 aromatic carbocycles. The van der Waals surface area contributed by atoms with Crippen molar-refractivity contribution in [3.63, 3.8) is 0 Å². The second kappa shape index (κ2) is 8.14. The topological polar surface area (TPSA) is 92.5 Å². The fourth-order valence-electron chi connectivity index (χ4n) is 4.24. The van der Waals surface area contributed by atoms with Gasteiger partial charge in [0.2, 0.25) is 10.0 Å². The summed E-state index contributed by atoms with van der Waals surface area (Å²) in [6.45, 7) is 6.09. The Hall–Kier alpha value is -2.28. The van der Waals surface area contributed by atoms with Crippen molar-refractivity contribution in [2.45, 2.75) is 69.0 Å². The standard InChI is InChI=1S/C22H26F2N6O2S2/c1-12-7-14(8-13(2)29(12)4)16-9-15(34(31,32)28-22(3)5-6-22)11-30-17(10-25-19(16)30)20-26-27-21(33-20)18(23)24/h7,9-13,18,28H,5-6,8H2,1-4H3/t12-,13-/m0/s1. The van der Waals surface area contributed by atoms with E-state index in [1.54, 1.807) is 10.5 Å². The first kappa shape index (κ1) is 23.5. The molecule has 8 nitrogen and oxygen atoms in total. The number of hydrogen-bond donors (Lipinski definition) is 1. The van der Waals surface area contributed by atoms with Crippen LogP contribution in [-0.4, -0.2) is 57.6 Å². The van der Waals surface area contributed by atoms with Gasteiger partial charge in [-0.05, 0) is 58.7 Å². The summed E-state index contributed by atoms with van der Waals surface area (Å²) in [7, 11) is -1.76. The van der Waals surface area contributed by atoms with E-state index in [4.69, 9.17) is 0 Å². The van der Waals surface area contributed by atoms with Crippen LogP contribution in [0.15, 0.2) is 29.4 Å². The second-order valence-corrected chi connectivity index (χ2v) is 12.2. The number of alkyl halides is 2. The van der Waals surface area contributed by atoms with Crippen LogP contribution in [0, 0.1) is 0 Å². The zero-order valence-corrected chi connectivity index (χ0v) is 20.9. The summed E-state index contributed by atoms with van der Waals surface area (Å²) in [6, 6.07) is 2.08. The van der Waals surface area contributed by atoms with Crippen LogP contribution in [0.4, 0.5) is 8.78 Å². The van der Waals surface area contributed by atoms with Crippen LogP contribution in [0.2, 0.25) is 0 Å². The van der Waals surface area contributed by atoms with Crippen molar-refractivity contribution in [3.8, 4) is 10.7 Å². The number of rotatable bonds is 6. The SMILES string of the molecule is C[C@H]1C=C(c2cc(S(=O)(=O)NC3(C)CC3)cn3c(-c4nnc(C(F)F)s4)cnc23)C[C@H](C)N1C. The number of aromatic nitrogens is 4. The molecule has 1 fully saturated rings. The van der Waals surface area contributed by atoms with E-state index in [2.05, 4.69) is 51.8 Å². The fraction of sp³-hybridized carbons (Fsp3) is 0.500. The van der Waals surface area contributed by atoms with E-state index in [1.165, 1.54) is 12.4 Å². The maximum absolute atomic E-state index is 13.3. The van der Waals surface area contributed by atoms with Gasteiger partial charge in [0.15, 0.2) is 10.0 Å². The molecule has 2 atom stereocenters. The molecule has 1 saturated carbocycles. The lowest BCUT2D eigenvalue weighted by atomic mass is 9.93. The molecule has 0 spiro atoms. The molecule has 1 aliphatic heterocycles. The summed E-state index contributed by atoms with van der Waals surface area (Å²) in [5, 5.41) is 7.35. The van der Waals surface area contributed by atoms with Crippen LogP contribution in [0.25, 0.3) is 21.9 Å². The number of sulfonamides is 1. The van der Waals surface area contributed by atoms with Gasteiger partial charge in [-0.1, -0.05) is 17.4 Å². The minimum atomic E-state index is -3.82. The molecule has 3 aromatic rings. The molecule has 0 radical (unpaired) electrons. The molecule has 12 heteroatoms. The van der Waals surface area contributed by atoms with Crippen molar-refractivity contribution < 1.29 is 17.2 Å². The van der Waals surface area contributed by atoms with Crippen LogP contribution < -0.4 is 4.72 Å². The number of nitrogens with one attached hydrogen (secondary N) is 1. The van der Waals surface area contributed by atoms with Crippen molar-refractivity contribution in [2.24, 2.45) is 0 Å². The van der Waals surface area contributed by atoms with E-state index >= 15 is 0 Å². The van der Waals surface area contributed by atoms with E-state index in [1.807, 2.05) is 6.92 Å².